The Kier molecular flexibility index (Phi) is 5.18. The van der Waals surface area contributed by atoms with E-state index in [0.717, 1.165) is 19.3 Å². The van der Waals surface area contributed by atoms with Crippen molar-refractivity contribution in [1.29, 1.82) is 0 Å². The van der Waals surface area contributed by atoms with Gasteiger partial charge in [-0.2, -0.15) is 0 Å². The Morgan fingerprint density at radius 3 is 2.47 bits per heavy atom. The molecule has 0 heterocycles. The lowest BCUT2D eigenvalue weighted by Crippen LogP contribution is -2.33. The van der Waals surface area contributed by atoms with E-state index >= 15 is 0 Å². The molecule has 0 aromatic rings. The summed E-state index contributed by atoms with van der Waals surface area (Å²) in [5.74, 6) is 0.738. The van der Waals surface area contributed by atoms with Crippen LogP contribution in [0.3, 0.4) is 0 Å². The normalized spacial score (nSPS) is 33.5. The van der Waals surface area contributed by atoms with Crippen LogP contribution in [-0.4, -0.2) is 37.4 Å². The third-order valence-corrected chi connectivity index (χ3v) is 4.19. The SMILES string of the molecule is CCC1CC(O)C(CN(CC)S(=O)O)C1. The predicted octanol–water partition coefficient (Wildman–Crippen LogP) is 1.24. The summed E-state index contributed by atoms with van der Waals surface area (Å²) in [6, 6.07) is 0. The monoisotopic (exact) mass is 235 g/mol. The molecule has 0 aromatic heterocycles. The van der Waals surface area contributed by atoms with E-state index in [1.807, 2.05) is 6.92 Å². The second kappa shape index (κ2) is 5.94. The zero-order valence-electron chi connectivity index (χ0n) is 9.43. The first kappa shape index (κ1) is 13.1. The zero-order valence-corrected chi connectivity index (χ0v) is 10.2. The Hall–Kier alpha value is 0.0300. The maximum absolute atomic E-state index is 10.9. The number of aliphatic hydroxyl groups excluding tert-OH is 1. The summed E-state index contributed by atoms with van der Waals surface area (Å²) in [6.45, 7) is 5.05. The molecule has 1 saturated carbocycles. The van der Waals surface area contributed by atoms with Crippen molar-refractivity contribution in [3.63, 3.8) is 0 Å². The molecule has 0 spiro atoms. The van der Waals surface area contributed by atoms with E-state index in [0.29, 0.717) is 19.0 Å². The number of nitrogens with zero attached hydrogens (tertiary/aromatic N) is 1. The zero-order chi connectivity index (χ0) is 11.4. The molecule has 4 nitrogen and oxygen atoms in total. The molecule has 0 radical (unpaired) electrons. The second-order valence-electron chi connectivity index (χ2n) is 4.28. The van der Waals surface area contributed by atoms with Gasteiger partial charge in [0.25, 0.3) is 0 Å². The Morgan fingerprint density at radius 2 is 2.07 bits per heavy atom. The maximum Gasteiger partial charge on any atom is 0.234 e. The van der Waals surface area contributed by atoms with Gasteiger partial charge in [0.2, 0.25) is 11.3 Å². The molecule has 1 rings (SSSR count). The largest absolute Gasteiger partial charge is 0.393 e. The summed E-state index contributed by atoms with van der Waals surface area (Å²) in [7, 11) is 0. The topological polar surface area (TPSA) is 60.8 Å². The third kappa shape index (κ3) is 3.52. The molecule has 0 bridgehead atoms. The van der Waals surface area contributed by atoms with Crippen molar-refractivity contribution in [3.05, 3.63) is 0 Å². The van der Waals surface area contributed by atoms with Gasteiger partial charge in [-0.05, 0) is 24.7 Å². The molecule has 5 heteroatoms. The summed E-state index contributed by atoms with van der Waals surface area (Å²) < 4.78 is 21.4. The van der Waals surface area contributed by atoms with Crippen LogP contribution >= 0.6 is 0 Å². The van der Waals surface area contributed by atoms with E-state index in [9.17, 15) is 9.32 Å². The standard InChI is InChI=1S/C10H21NO3S/c1-3-8-5-9(10(12)6-8)7-11(4-2)15(13)14/h8-10,12H,3-7H2,1-2H3,(H,13,14). The summed E-state index contributed by atoms with van der Waals surface area (Å²) in [6.07, 6.45) is 2.61. The molecular weight excluding hydrogens is 214 g/mol. The van der Waals surface area contributed by atoms with E-state index in [1.54, 1.807) is 0 Å². The number of aliphatic hydroxyl groups is 1. The second-order valence-corrected chi connectivity index (χ2v) is 5.26. The first-order valence-electron chi connectivity index (χ1n) is 5.62. The molecule has 0 aromatic carbocycles. The minimum atomic E-state index is -1.91. The lowest BCUT2D eigenvalue weighted by atomic mass is 10.0. The molecular formula is C10H21NO3S. The van der Waals surface area contributed by atoms with Gasteiger partial charge in [-0.1, -0.05) is 20.3 Å². The van der Waals surface area contributed by atoms with E-state index in [1.165, 1.54) is 4.31 Å². The fourth-order valence-electron chi connectivity index (χ4n) is 2.31. The number of hydrogen-bond acceptors (Lipinski definition) is 2. The summed E-state index contributed by atoms with van der Waals surface area (Å²) >= 11 is -1.91. The van der Waals surface area contributed by atoms with Crippen molar-refractivity contribution >= 4 is 11.3 Å². The van der Waals surface area contributed by atoms with Gasteiger partial charge >= 0.3 is 0 Å². The maximum atomic E-state index is 10.9. The van der Waals surface area contributed by atoms with E-state index in [2.05, 4.69) is 6.92 Å². The average Bonchev–Trinajstić information content (AvgIpc) is 2.55. The van der Waals surface area contributed by atoms with Crippen molar-refractivity contribution in [2.24, 2.45) is 11.8 Å². The number of hydrogen-bond donors (Lipinski definition) is 2. The van der Waals surface area contributed by atoms with Gasteiger partial charge in [0.05, 0.1) is 6.10 Å². The van der Waals surface area contributed by atoms with E-state index in [4.69, 9.17) is 4.55 Å². The lowest BCUT2D eigenvalue weighted by Gasteiger charge is -2.21. The average molecular weight is 235 g/mol. The molecule has 0 saturated heterocycles. The summed E-state index contributed by atoms with van der Waals surface area (Å²) in [5, 5.41) is 9.81. The van der Waals surface area contributed by atoms with Crippen molar-refractivity contribution < 1.29 is 13.9 Å². The van der Waals surface area contributed by atoms with Crippen LogP contribution in [0.15, 0.2) is 0 Å². The van der Waals surface area contributed by atoms with Gasteiger partial charge in [0, 0.05) is 13.1 Å². The highest BCUT2D eigenvalue weighted by atomic mass is 32.2. The molecule has 4 unspecified atom stereocenters. The smallest absolute Gasteiger partial charge is 0.234 e. The minimum absolute atomic E-state index is 0.158. The fourth-order valence-corrected chi connectivity index (χ4v) is 2.85. The van der Waals surface area contributed by atoms with Crippen LogP contribution in [0.1, 0.15) is 33.1 Å². The highest BCUT2D eigenvalue weighted by molar-refractivity contribution is 7.76. The predicted molar refractivity (Wildman–Crippen MR) is 60.5 cm³/mol. The molecule has 1 aliphatic rings. The van der Waals surface area contributed by atoms with Crippen LogP contribution in [-0.2, 0) is 11.3 Å². The van der Waals surface area contributed by atoms with Gasteiger partial charge in [-0.3, -0.25) is 4.55 Å². The summed E-state index contributed by atoms with van der Waals surface area (Å²) in [5.41, 5.74) is 0. The van der Waals surface area contributed by atoms with Crippen molar-refractivity contribution in [2.75, 3.05) is 13.1 Å². The first-order chi connectivity index (χ1) is 7.08. The lowest BCUT2D eigenvalue weighted by molar-refractivity contribution is 0.119. The van der Waals surface area contributed by atoms with Gasteiger partial charge in [-0.25, -0.2) is 8.51 Å². The van der Waals surface area contributed by atoms with Crippen LogP contribution in [0.5, 0.6) is 0 Å². The molecule has 0 amide bonds. The molecule has 4 atom stereocenters. The highest BCUT2D eigenvalue weighted by Crippen LogP contribution is 2.33. The Balaban J connectivity index is 2.47. The van der Waals surface area contributed by atoms with Gasteiger partial charge in [-0.15, -0.1) is 0 Å². The van der Waals surface area contributed by atoms with Crippen LogP contribution in [0.25, 0.3) is 0 Å². The number of rotatable bonds is 5. The van der Waals surface area contributed by atoms with Gasteiger partial charge in [0.15, 0.2) is 0 Å². The molecule has 15 heavy (non-hydrogen) atoms. The van der Waals surface area contributed by atoms with Crippen LogP contribution in [0.4, 0.5) is 0 Å². The molecule has 2 N–H and O–H groups in total. The Bertz CT molecular complexity index is 225. The Morgan fingerprint density at radius 1 is 1.40 bits per heavy atom. The first-order valence-corrected chi connectivity index (χ1v) is 6.68. The fraction of sp³-hybridized carbons (Fsp3) is 1.00. The molecule has 1 aliphatic carbocycles. The van der Waals surface area contributed by atoms with Crippen LogP contribution in [0, 0.1) is 11.8 Å². The van der Waals surface area contributed by atoms with Crippen molar-refractivity contribution in [2.45, 2.75) is 39.2 Å². The molecule has 90 valence electrons. The van der Waals surface area contributed by atoms with Gasteiger partial charge in [0.1, 0.15) is 0 Å². The van der Waals surface area contributed by atoms with Gasteiger partial charge < -0.3 is 5.11 Å². The third-order valence-electron chi connectivity index (χ3n) is 3.34. The van der Waals surface area contributed by atoms with Crippen LogP contribution < -0.4 is 0 Å². The minimum Gasteiger partial charge on any atom is -0.393 e. The molecule has 1 fully saturated rings. The highest BCUT2D eigenvalue weighted by Gasteiger charge is 2.33. The quantitative estimate of drug-likeness (QED) is 0.705. The van der Waals surface area contributed by atoms with Crippen molar-refractivity contribution in [3.8, 4) is 0 Å². The summed E-state index contributed by atoms with van der Waals surface area (Å²) in [4.78, 5) is 0. The Labute approximate surface area is 94.1 Å². The van der Waals surface area contributed by atoms with E-state index < -0.39 is 11.3 Å². The van der Waals surface area contributed by atoms with Crippen LogP contribution in [0.2, 0.25) is 0 Å². The van der Waals surface area contributed by atoms with E-state index in [-0.39, 0.29) is 12.0 Å². The van der Waals surface area contributed by atoms with Crippen molar-refractivity contribution in [1.82, 2.24) is 4.31 Å². The molecule has 0 aliphatic heterocycles.